The largest absolute Gasteiger partial charge is 0.394 e. The number of aromatic nitrogens is 4. The number of amides is 17. The Balaban J connectivity index is 1.16. The van der Waals surface area contributed by atoms with Crippen molar-refractivity contribution in [2.24, 2.45) is 23.1 Å². The molecule has 13 atom stereocenters. The van der Waals surface area contributed by atoms with Crippen LogP contribution in [0.25, 0.3) is 21.8 Å². The van der Waals surface area contributed by atoms with Gasteiger partial charge >= 0.3 is 0 Å². The van der Waals surface area contributed by atoms with Crippen molar-refractivity contribution in [2.45, 2.75) is 197 Å². The molecule has 1 unspecified atom stereocenters. The van der Waals surface area contributed by atoms with E-state index in [1.54, 1.807) is 105 Å². The van der Waals surface area contributed by atoms with Crippen LogP contribution >= 0.6 is 11.8 Å². The van der Waals surface area contributed by atoms with Crippen molar-refractivity contribution >= 4 is 140 Å². The van der Waals surface area contributed by atoms with E-state index in [9.17, 15) is 72.2 Å². The number of carbonyl (C=O) groups is 17. The van der Waals surface area contributed by atoms with Gasteiger partial charge in [-0.2, -0.15) is 0 Å². The fourth-order valence-electron chi connectivity index (χ4n) is 15.1. The number of para-hydroxylation sites is 2. The van der Waals surface area contributed by atoms with Crippen LogP contribution in [0.2, 0.25) is 0 Å². The lowest BCUT2D eigenvalue weighted by molar-refractivity contribution is -0.149. The number of rotatable bonds is 23. The van der Waals surface area contributed by atoms with Gasteiger partial charge in [0.1, 0.15) is 78.5 Å². The molecule has 6 aromatic rings. The van der Waals surface area contributed by atoms with Gasteiger partial charge in [0.05, 0.1) is 38.2 Å². The van der Waals surface area contributed by atoms with Crippen LogP contribution in [0.3, 0.4) is 0 Å². The van der Waals surface area contributed by atoms with Crippen molar-refractivity contribution in [3.05, 3.63) is 126 Å². The van der Waals surface area contributed by atoms with Gasteiger partial charge < -0.3 is 120 Å². The molecule has 0 radical (unpaired) electrons. The third-order valence-corrected chi connectivity index (χ3v) is 23.5. The molecule has 42 nitrogen and oxygen atoms in total. The second-order valence-corrected chi connectivity index (χ2v) is 33.7. The Morgan fingerprint density at radius 1 is 0.550 bits per heavy atom. The lowest BCUT2D eigenvalue weighted by Crippen LogP contribution is -2.61. The van der Waals surface area contributed by atoms with Crippen LogP contribution in [-0.2, 0) is 107 Å². The lowest BCUT2D eigenvalue weighted by atomic mass is 10.0. The predicted octanol–water partition coefficient (Wildman–Crippen LogP) is -3.31. The molecule has 2 aliphatic heterocycles. The van der Waals surface area contributed by atoms with Crippen LogP contribution in [0.15, 0.2) is 104 Å². The number of imidazole rings is 1. The molecular formula is C86H120N24O18S. The highest BCUT2D eigenvalue weighted by Gasteiger charge is 2.44. The molecule has 43 heteroatoms. The summed E-state index contributed by atoms with van der Waals surface area (Å²) >= 11 is 0.786. The number of likely N-dealkylation sites (N-methyl/N-ethyl adjacent to an activating group) is 4. The molecule has 22 N–H and O–H groups in total. The molecular weight excluding hydrogens is 1690 g/mol. The predicted molar refractivity (Wildman–Crippen MR) is 476 cm³/mol. The fraction of sp³-hybridized carbons (Fsp3) is 0.500. The van der Waals surface area contributed by atoms with E-state index >= 15 is 14.4 Å². The Hall–Kier alpha value is -13.5. The summed E-state index contributed by atoms with van der Waals surface area (Å²) in [6.45, 7) is 5.40. The molecule has 3 aromatic carbocycles. The Kier molecular flexibility index (Phi) is 37.9. The molecule has 0 bridgehead atoms. The topological polar surface area (TPSA) is 621 Å². The van der Waals surface area contributed by atoms with Gasteiger partial charge in [0.25, 0.3) is 0 Å². The molecule has 17 amide bonds. The maximum Gasteiger partial charge on any atom is 0.246 e. The van der Waals surface area contributed by atoms with Gasteiger partial charge in [0.15, 0.2) is 5.96 Å². The van der Waals surface area contributed by atoms with Crippen molar-refractivity contribution in [2.75, 3.05) is 72.5 Å². The molecule has 698 valence electrons. The highest BCUT2D eigenvalue weighted by molar-refractivity contribution is 8.00. The molecule has 2 aliphatic rings. The smallest absolute Gasteiger partial charge is 0.246 e. The van der Waals surface area contributed by atoms with E-state index in [-0.39, 0.29) is 83.2 Å². The number of carbonyl (C=O) groups excluding carboxylic acids is 17. The first-order chi connectivity index (χ1) is 61.4. The van der Waals surface area contributed by atoms with Gasteiger partial charge in [-0.1, -0.05) is 100 Å². The van der Waals surface area contributed by atoms with Gasteiger partial charge in [-0.25, -0.2) is 4.98 Å². The Bertz CT molecular complexity index is 4990. The summed E-state index contributed by atoms with van der Waals surface area (Å²) in [5.74, 6) is -17.3. The molecule has 129 heavy (non-hydrogen) atoms. The Labute approximate surface area is 749 Å². The van der Waals surface area contributed by atoms with Crippen LogP contribution in [0.4, 0.5) is 0 Å². The second kappa shape index (κ2) is 48.5. The third kappa shape index (κ3) is 29.0. The molecule has 5 heterocycles. The molecule has 0 saturated carbocycles. The van der Waals surface area contributed by atoms with Crippen LogP contribution in [0.1, 0.15) is 115 Å². The highest BCUT2D eigenvalue weighted by atomic mass is 32.2. The molecule has 8 rings (SSSR count). The molecule has 0 aliphatic carbocycles. The minimum atomic E-state index is -1.85. The maximum absolute atomic E-state index is 15.5. The van der Waals surface area contributed by atoms with E-state index < -0.39 is 223 Å². The van der Waals surface area contributed by atoms with Gasteiger partial charge in [-0.05, 0) is 87.1 Å². The standard InChI is InChI=1S/C86H120N24O18S/c1-10-11-28-68-85(128)108(8)49(5)73(116)99-58(27-19-30-92-86(89)90)76(119)105-66(75(118)95-41-70(88)113)44-129-45-72(115)98-62(33-50-21-13-12-14-22-50)82(125)107(7)48(4)74(117)101-64(37-69(87)112)84(127)110-31-20-29-67(110)80(123)100-60(36-53-40-91-46-96-53)78(121)102-61(32-47(2)3)81(124)106(6)42-71(114)97-59(34-51-38-93-56-25-17-15-23-54(51)56)77(120)104-65(43-111)79(122)103-63(83(126)109(68)9)35-52-39-94-57-26-18-16-24-55(52)57/h12-18,21-26,38-40,46-49,58-68,93-94,111H,10-11,19-20,27-37,41-45H2,1-9H3,(H2,87,112)(H2,88,113)(H,91,96)(H,95,118)(H,97,114)(H,98,115)(H,99,116)(H,100,123)(H,101,117)(H,102,121)(H,103,122)(H,104,120)(H,105,119)(H4,89,90,92)/t48-,49-,58-,59-,60-,61-,62-,63-,64-,65-,66-,67?,68-/m0/s1. The maximum atomic E-state index is 15.5. The average Bonchev–Trinajstić information content (AvgIpc) is 1.74. The molecule has 2 saturated heterocycles. The van der Waals surface area contributed by atoms with Gasteiger partial charge in [0.2, 0.25) is 100 Å². The first kappa shape index (κ1) is 101. The number of fused-ring (bicyclic) bond motifs is 3. The number of thioether (sulfide) groups is 1. The summed E-state index contributed by atoms with van der Waals surface area (Å²) in [5.41, 5.74) is 19.9. The van der Waals surface area contributed by atoms with E-state index in [0.29, 0.717) is 57.0 Å². The number of aromatic amines is 3. The number of hydrogen-bond donors (Lipinski definition) is 19. The number of hydrogen-bond acceptors (Lipinski definition) is 21. The second-order valence-electron chi connectivity index (χ2n) is 32.7. The SMILES string of the molecule is CCCC[C@H]1C(=O)N(C)[C@@H](C)C(=O)N[C@@H](CCCNC(=N)N)C(=O)N[C@H](C(=O)NCC(N)=O)CSCC(=O)N[C@@H](Cc2ccccc2)C(=O)N(C)[C@@H](C)C(=O)N[C@@H](CC(N)=O)C(=O)N2CCCC2C(=O)N[C@@H](Cc2cnc[nH]2)C(=O)N[C@@H](CC(C)C)C(=O)N(C)CC(=O)N[C@@H](Cc2c[nH]c3ccccc23)C(=O)N[C@@H](CO)C(=O)N[C@@H](Cc2c[nH]c3ccccc23)C(=O)N1C. The number of nitrogens with zero attached hydrogens (tertiary/aromatic N) is 6. The molecule has 3 aromatic heterocycles. The van der Waals surface area contributed by atoms with Gasteiger partial charge in [-0.15, -0.1) is 11.8 Å². The number of nitrogens with one attached hydrogen (secondary N) is 15. The fourth-order valence-corrected chi connectivity index (χ4v) is 16.0. The average molecular weight is 1810 g/mol. The van der Waals surface area contributed by atoms with E-state index in [0.717, 1.165) is 36.3 Å². The third-order valence-electron chi connectivity index (χ3n) is 22.5. The van der Waals surface area contributed by atoms with Crippen molar-refractivity contribution < 1.29 is 86.6 Å². The number of benzene rings is 3. The van der Waals surface area contributed by atoms with Crippen LogP contribution < -0.4 is 75.7 Å². The Morgan fingerprint density at radius 3 is 1.67 bits per heavy atom. The summed E-state index contributed by atoms with van der Waals surface area (Å²) in [6, 6.07) is 2.77. The zero-order valence-electron chi connectivity index (χ0n) is 73.8. The summed E-state index contributed by atoms with van der Waals surface area (Å²) < 4.78 is 0. The number of guanidine groups is 1. The number of aliphatic hydroxyl groups is 1. The van der Waals surface area contributed by atoms with Crippen molar-refractivity contribution in [1.29, 1.82) is 5.41 Å². The van der Waals surface area contributed by atoms with Gasteiger partial charge in [-0.3, -0.25) is 86.9 Å². The molecule has 0 spiro atoms. The monoisotopic (exact) mass is 1810 g/mol. The van der Waals surface area contributed by atoms with E-state index in [4.69, 9.17) is 22.6 Å². The van der Waals surface area contributed by atoms with Crippen LogP contribution in [-0.4, -0.2) is 307 Å². The summed E-state index contributed by atoms with van der Waals surface area (Å²) in [5, 5.41) is 49.0. The number of H-pyrrole nitrogens is 3. The summed E-state index contributed by atoms with van der Waals surface area (Å²) in [4.78, 5) is 265. The number of primary amides is 2. The lowest BCUT2D eigenvalue weighted by Gasteiger charge is -2.35. The summed E-state index contributed by atoms with van der Waals surface area (Å²) in [6.07, 6.45) is 5.12. The Morgan fingerprint density at radius 2 is 1.09 bits per heavy atom. The van der Waals surface area contributed by atoms with Crippen molar-refractivity contribution in [1.82, 2.24) is 103 Å². The van der Waals surface area contributed by atoms with Crippen molar-refractivity contribution in [3.8, 4) is 0 Å². The van der Waals surface area contributed by atoms with Crippen LogP contribution in [0.5, 0.6) is 0 Å². The number of aliphatic hydroxyl groups excluding tert-OH is 1. The zero-order chi connectivity index (χ0) is 94.5. The number of nitrogens with two attached hydrogens (primary N) is 3. The van der Waals surface area contributed by atoms with E-state index in [1.807, 2.05) is 6.92 Å². The minimum absolute atomic E-state index is 0.000931. The first-order valence-corrected chi connectivity index (χ1v) is 43.8. The highest BCUT2D eigenvalue weighted by Crippen LogP contribution is 2.26. The first-order valence-electron chi connectivity index (χ1n) is 42.7. The minimum Gasteiger partial charge on any atom is -0.394 e. The van der Waals surface area contributed by atoms with Crippen LogP contribution in [0, 0.1) is 11.3 Å². The zero-order valence-corrected chi connectivity index (χ0v) is 74.6. The van der Waals surface area contributed by atoms with Crippen molar-refractivity contribution in [3.63, 3.8) is 0 Å². The molecule has 2 fully saturated rings. The summed E-state index contributed by atoms with van der Waals surface area (Å²) in [7, 11) is 5.15. The van der Waals surface area contributed by atoms with E-state index in [2.05, 4.69) is 78.4 Å². The quantitative estimate of drug-likeness (QED) is 0.0170. The number of unbranched alkanes of at least 4 members (excludes halogenated alkanes) is 1. The van der Waals surface area contributed by atoms with Gasteiger partial charge in [0, 0.05) is 119 Å². The normalized spacial score (nSPS) is 23.8. The van der Waals surface area contributed by atoms with E-state index in [1.165, 1.54) is 54.6 Å².